The molecule has 1 fully saturated rings. The monoisotopic (exact) mass is 215 g/mol. The van der Waals surface area contributed by atoms with Crippen LogP contribution in [-0.4, -0.2) is 19.7 Å². The lowest BCUT2D eigenvalue weighted by atomic mass is 10.1. The zero-order valence-corrected chi connectivity index (χ0v) is 8.35. The van der Waals surface area contributed by atoms with Crippen molar-refractivity contribution in [2.75, 3.05) is 19.7 Å². The van der Waals surface area contributed by atoms with Crippen molar-refractivity contribution in [3.05, 3.63) is 29.0 Å². The van der Waals surface area contributed by atoms with E-state index >= 15 is 0 Å². The summed E-state index contributed by atoms with van der Waals surface area (Å²) in [7, 11) is 0. The molecular weight excluding hydrogens is 205 g/mol. The summed E-state index contributed by atoms with van der Waals surface area (Å²) in [6.07, 6.45) is 0. The maximum Gasteiger partial charge on any atom is 0.166 e. The van der Waals surface area contributed by atoms with Crippen molar-refractivity contribution in [3.8, 4) is 5.75 Å². The van der Waals surface area contributed by atoms with E-state index in [0.29, 0.717) is 17.5 Å². The smallest absolute Gasteiger partial charge is 0.166 e. The molecule has 1 heterocycles. The van der Waals surface area contributed by atoms with Crippen molar-refractivity contribution in [3.63, 3.8) is 0 Å². The summed E-state index contributed by atoms with van der Waals surface area (Å²) in [5, 5.41) is 3.52. The fraction of sp³-hybridized carbons (Fsp3) is 0.400. The van der Waals surface area contributed by atoms with Crippen LogP contribution in [0, 0.1) is 11.7 Å². The topological polar surface area (TPSA) is 21.3 Å². The zero-order valence-electron chi connectivity index (χ0n) is 7.59. The highest BCUT2D eigenvalue weighted by Crippen LogP contribution is 2.21. The van der Waals surface area contributed by atoms with Crippen LogP contribution in [0.3, 0.4) is 0 Å². The molecule has 1 aliphatic rings. The Labute approximate surface area is 87.0 Å². The Bertz CT molecular complexity index is 328. The molecule has 4 heteroatoms. The quantitative estimate of drug-likeness (QED) is 0.834. The van der Waals surface area contributed by atoms with Crippen LogP contribution >= 0.6 is 11.6 Å². The highest BCUT2D eigenvalue weighted by molar-refractivity contribution is 6.30. The molecule has 0 radical (unpaired) electrons. The number of nitrogens with one attached hydrogen (secondary N) is 1. The van der Waals surface area contributed by atoms with E-state index in [1.54, 1.807) is 12.1 Å². The molecule has 0 aromatic heterocycles. The number of benzene rings is 1. The lowest BCUT2D eigenvalue weighted by molar-refractivity contribution is 0.193. The van der Waals surface area contributed by atoms with Crippen LogP contribution in [0.5, 0.6) is 5.75 Å². The van der Waals surface area contributed by atoms with Crippen LogP contribution in [0.2, 0.25) is 5.02 Å². The SMILES string of the molecule is Fc1cc(Cl)ccc1OCC1CNC1. The summed E-state index contributed by atoms with van der Waals surface area (Å²) >= 11 is 5.61. The normalized spacial score (nSPS) is 16.4. The Morgan fingerprint density at radius 2 is 2.29 bits per heavy atom. The molecule has 1 saturated heterocycles. The second kappa shape index (κ2) is 4.15. The van der Waals surface area contributed by atoms with Gasteiger partial charge in [0.05, 0.1) is 6.61 Å². The van der Waals surface area contributed by atoms with Gasteiger partial charge in [0.25, 0.3) is 0 Å². The molecule has 2 rings (SSSR count). The summed E-state index contributed by atoms with van der Waals surface area (Å²) in [5.74, 6) is 0.385. The first-order valence-corrected chi connectivity index (χ1v) is 4.92. The van der Waals surface area contributed by atoms with Crippen LogP contribution < -0.4 is 10.1 Å². The lowest BCUT2D eigenvalue weighted by Gasteiger charge is -2.26. The molecule has 0 saturated carbocycles. The molecular formula is C10H11ClFNO. The first kappa shape index (κ1) is 9.74. The highest BCUT2D eigenvalue weighted by Gasteiger charge is 2.17. The van der Waals surface area contributed by atoms with Gasteiger partial charge >= 0.3 is 0 Å². The van der Waals surface area contributed by atoms with E-state index in [4.69, 9.17) is 16.3 Å². The number of hydrogen-bond acceptors (Lipinski definition) is 2. The Hall–Kier alpha value is -0.800. The van der Waals surface area contributed by atoms with Crippen molar-refractivity contribution in [1.29, 1.82) is 0 Å². The van der Waals surface area contributed by atoms with Crippen molar-refractivity contribution < 1.29 is 9.13 Å². The molecule has 0 aliphatic carbocycles. The second-order valence-corrected chi connectivity index (χ2v) is 3.85. The second-order valence-electron chi connectivity index (χ2n) is 3.41. The third-order valence-electron chi connectivity index (χ3n) is 2.23. The van der Waals surface area contributed by atoms with E-state index in [2.05, 4.69) is 5.32 Å². The Morgan fingerprint density at radius 3 is 2.86 bits per heavy atom. The van der Waals surface area contributed by atoms with E-state index in [9.17, 15) is 4.39 Å². The van der Waals surface area contributed by atoms with Crippen LogP contribution in [0.1, 0.15) is 0 Å². The van der Waals surface area contributed by atoms with E-state index in [1.807, 2.05) is 0 Å². The molecule has 0 unspecified atom stereocenters. The zero-order chi connectivity index (χ0) is 9.97. The molecule has 0 atom stereocenters. The van der Waals surface area contributed by atoms with Gasteiger partial charge in [-0.3, -0.25) is 0 Å². The molecule has 1 aliphatic heterocycles. The third-order valence-corrected chi connectivity index (χ3v) is 2.47. The summed E-state index contributed by atoms with van der Waals surface area (Å²) in [4.78, 5) is 0. The number of rotatable bonds is 3. The van der Waals surface area contributed by atoms with Gasteiger partial charge in [-0.2, -0.15) is 0 Å². The summed E-state index contributed by atoms with van der Waals surface area (Å²) in [5.41, 5.74) is 0. The molecule has 76 valence electrons. The molecule has 2 nitrogen and oxygen atoms in total. The van der Waals surface area contributed by atoms with Crippen molar-refractivity contribution in [2.45, 2.75) is 0 Å². The Morgan fingerprint density at radius 1 is 1.50 bits per heavy atom. The predicted octanol–water partition coefficient (Wildman–Crippen LogP) is 2.08. The molecule has 0 spiro atoms. The van der Waals surface area contributed by atoms with Gasteiger partial charge in [-0.15, -0.1) is 0 Å². The van der Waals surface area contributed by atoms with Crippen LogP contribution in [0.4, 0.5) is 4.39 Å². The fourth-order valence-corrected chi connectivity index (χ4v) is 1.42. The Kier molecular flexibility index (Phi) is 2.89. The molecule has 0 amide bonds. The van der Waals surface area contributed by atoms with Gasteiger partial charge in [0.2, 0.25) is 0 Å². The van der Waals surface area contributed by atoms with E-state index < -0.39 is 5.82 Å². The average Bonchev–Trinajstić information content (AvgIpc) is 2.05. The minimum atomic E-state index is -0.398. The van der Waals surface area contributed by atoms with Gasteiger partial charge in [0.15, 0.2) is 11.6 Å². The van der Waals surface area contributed by atoms with Crippen LogP contribution in [-0.2, 0) is 0 Å². The van der Waals surface area contributed by atoms with Crippen molar-refractivity contribution in [2.24, 2.45) is 5.92 Å². The van der Waals surface area contributed by atoms with Gasteiger partial charge in [0, 0.05) is 24.0 Å². The lowest BCUT2D eigenvalue weighted by Crippen LogP contribution is -2.45. The molecule has 14 heavy (non-hydrogen) atoms. The minimum absolute atomic E-state index is 0.279. The van der Waals surface area contributed by atoms with Gasteiger partial charge in [0.1, 0.15) is 0 Å². The molecule has 1 aromatic rings. The van der Waals surface area contributed by atoms with Crippen LogP contribution in [0.15, 0.2) is 18.2 Å². The van der Waals surface area contributed by atoms with E-state index in [0.717, 1.165) is 13.1 Å². The summed E-state index contributed by atoms with van der Waals surface area (Å²) in [6, 6.07) is 4.44. The third kappa shape index (κ3) is 2.16. The predicted molar refractivity (Wildman–Crippen MR) is 53.3 cm³/mol. The summed E-state index contributed by atoms with van der Waals surface area (Å²) < 4.78 is 18.5. The number of halogens is 2. The van der Waals surface area contributed by atoms with Crippen molar-refractivity contribution >= 4 is 11.6 Å². The van der Waals surface area contributed by atoms with Gasteiger partial charge in [-0.1, -0.05) is 11.6 Å². The van der Waals surface area contributed by atoms with Crippen LogP contribution in [0.25, 0.3) is 0 Å². The maximum atomic E-state index is 13.2. The average molecular weight is 216 g/mol. The first-order valence-electron chi connectivity index (χ1n) is 4.54. The number of hydrogen-bond donors (Lipinski definition) is 1. The standard InChI is InChI=1S/C10H11ClFNO/c11-8-1-2-10(9(12)3-8)14-6-7-4-13-5-7/h1-3,7,13H,4-6H2. The molecule has 1 N–H and O–H groups in total. The molecule has 1 aromatic carbocycles. The highest BCUT2D eigenvalue weighted by atomic mass is 35.5. The van der Waals surface area contributed by atoms with Gasteiger partial charge in [-0.25, -0.2) is 4.39 Å². The van der Waals surface area contributed by atoms with Gasteiger partial charge in [-0.05, 0) is 18.2 Å². The maximum absolute atomic E-state index is 13.2. The first-order chi connectivity index (χ1) is 6.75. The van der Waals surface area contributed by atoms with E-state index in [-0.39, 0.29) is 5.75 Å². The Balaban J connectivity index is 1.94. The minimum Gasteiger partial charge on any atom is -0.490 e. The van der Waals surface area contributed by atoms with E-state index in [1.165, 1.54) is 6.07 Å². The largest absolute Gasteiger partial charge is 0.490 e. The number of ether oxygens (including phenoxy) is 1. The summed E-state index contributed by atoms with van der Waals surface area (Å²) in [6.45, 7) is 2.47. The molecule has 0 bridgehead atoms. The van der Waals surface area contributed by atoms with Crippen molar-refractivity contribution in [1.82, 2.24) is 5.32 Å². The van der Waals surface area contributed by atoms with Gasteiger partial charge < -0.3 is 10.1 Å². The fourth-order valence-electron chi connectivity index (χ4n) is 1.27.